The van der Waals surface area contributed by atoms with Crippen LogP contribution in [0, 0.1) is 5.92 Å². The average Bonchev–Trinajstić information content (AvgIpc) is 2.80. The number of carbonyl (C=O) groups is 1. The van der Waals surface area contributed by atoms with Crippen LogP contribution in [-0.4, -0.2) is 50.1 Å². The van der Waals surface area contributed by atoms with Gasteiger partial charge in [-0.2, -0.15) is 0 Å². The lowest BCUT2D eigenvalue weighted by molar-refractivity contribution is -0.124. The summed E-state index contributed by atoms with van der Waals surface area (Å²) in [7, 11) is 0. The molecule has 0 aliphatic carbocycles. The van der Waals surface area contributed by atoms with Crippen LogP contribution < -0.4 is 10.6 Å². The van der Waals surface area contributed by atoms with E-state index in [1.807, 2.05) is 0 Å². The van der Waals surface area contributed by atoms with E-state index < -0.39 is 0 Å². The summed E-state index contributed by atoms with van der Waals surface area (Å²) in [6, 6.07) is 0. The van der Waals surface area contributed by atoms with E-state index in [0.717, 1.165) is 39.0 Å². The molecule has 18 heavy (non-hydrogen) atoms. The van der Waals surface area contributed by atoms with E-state index >= 15 is 0 Å². The number of rotatable bonds is 5. The number of hydrogen-bond donors (Lipinski definition) is 2. The van der Waals surface area contributed by atoms with Crippen LogP contribution in [0.5, 0.6) is 0 Å². The van der Waals surface area contributed by atoms with Gasteiger partial charge in [0.25, 0.3) is 0 Å². The molecule has 1 unspecified atom stereocenters. The Hall–Kier alpha value is -0.610. The molecule has 0 spiro atoms. The van der Waals surface area contributed by atoms with E-state index in [0.29, 0.717) is 0 Å². The molecular formula is C14H27N3O. The summed E-state index contributed by atoms with van der Waals surface area (Å²) in [6.45, 7) is 6.33. The van der Waals surface area contributed by atoms with E-state index in [4.69, 9.17) is 0 Å². The lowest BCUT2D eigenvalue weighted by atomic mass is 10.1. The van der Waals surface area contributed by atoms with Crippen molar-refractivity contribution in [3.63, 3.8) is 0 Å². The monoisotopic (exact) mass is 253 g/mol. The number of amides is 1. The Bertz CT molecular complexity index is 243. The van der Waals surface area contributed by atoms with Gasteiger partial charge in [0, 0.05) is 13.1 Å². The van der Waals surface area contributed by atoms with Crippen LogP contribution >= 0.6 is 0 Å². The maximum Gasteiger partial charge on any atom is 0.224 e. The molecule has 2 fully saturated rings. The first kappa shape index (κ1) is 13.8. The molecule has 2 aliphatic rings. The van der Waals surface area contributed by atoms with Crippen molar-refractivity contribution in [1.82, 2.24) is 15.5 Å². The molecule has 0 aromatic heterocycles. The second-order valence-electron chi connectivity index (χ2n) is 5.59. The maximum atomic E-state index is 11.8. The third-order valence-corrected chi connectivity index (χ3v) is 4.08. The lowest BCUT2D eigenvalue weighted by Crippen LogP contribution is -2.34. The Morgan fingerprint density at radius 3 is 2.67 bits per heavy atom. The van der Waals surface area contributed by atoms with Gasteiger partial charge in [0.2, 0.25) is 5.91 Å². The van der Waals surface area contributed by atoms with Crippen LogP contribution in [-0.2, 0) is 4.79 Å². The van der Waals surface area contributed by atoms with Gasteiger partial charge in [0.05, 0.1) is 5.92 Å². The Morgan fingerprint density at radius 2 is 2.00 bits per heavy atom. The zero-order valence-corrected chi connectivity index (χ0v) is 11.4. The molecular weight excluding hydrogens is 226 g/mol. The van der Waals surface area contributed by atoms with E-state index in [1.165, 1.54) is 38.8 Å². The van der Waals surface area contributed by atoms with Crippen molar-refractivity contribution in [3.05, 3.63) is 0 Å². The van der Waals surface area contributed by atoms with Crippen molar-refractivity contribution < 1.29 is 4.79 Å². The zero-order valence-electron chi connectivity index (χ0n) is 11.4. The van der Waals surface area contributed by atoms with E-state index in [2.05, 4.69) is 15.5 Å². The molecule has 0 bridgehead atoms. The highest BCUT2D eigenvalue weighted by Crippen LogP contribution is 2.10. The van der Waals surface area contributed by atoms with Crippen molar-refractivity contribution in [2.24, 2.45) is 5.92 Å². The molecule has 2 rings (SSSR count). The van der Waals surface area contributed by atoms with Crippen LogP contribution in [0.1, 0.15) is 38.5 Å². The third kappa shape index (κ3) is 4.58. The minimum Gasteiger partial charge on any atom is -0.356 e. The third-order valence-electron chi connectivity index (χ3n) is 4.08. The largest absolute Gasteiger partial charge is 0.356 e. The van der Waals surface area contributed by atoms with Crippen LogP contribution in [0.3, 0.4) is 0 Å². The summed E-state index contributed by atoms with van der Waals surface area (Å²) in [4.78, 5) is 14.3. The van der Waals surface area contributed by atoms with Gasteiger partial charge in [-0.05, 0) is 51.9 Å². The van der Waals surface area contributed by atoms with Crippen LogP contribution in [0.15, 0.2) is 0 Å². The second-order valence-corrected chi connectivity index (χ2v) is 5.59. The number of carbonyl (C=O) groups excluding carboxylic acids is 1. The molecule has 2 aliphatic heterocycles. The van der Waals surface area contributed by atoms with Crippen molar-refractivity contribution in [1.29, 1.82) is 0 Å². The maximum absolute atomic E-state index is 11.8. The molecule has 4 heteroatoms. The number of hydrogen-bond acceptors (Lipinski definition) is 3. The van der Waals surface area contributed by atoms with Gasteiger partial charge in [0.15, 0.2) is 0 Å². The molecule has 2 N–H and O–H groups in total. The SMILES string of the molecule is O=C(NCCCN1CCCCCC1)C1CCNC1. The Kier molecular flexibility index (Phi) is 5.94. The van der Waals surface area contributed by atoms with Gasteiger partial charge in [-0.25, -0.2) is 0 Å². The van der Waals surface area contributed by atoms with Gasteiger partial charge in [-0.3, -0.25) is 4.79 Å². The van der Waals surface area contributed by atoms with Crippen molar-refractivity contribution in [2.75, 3.05) is 39.3 Å². The predicted octanol–water partition coefficient (Wildman–Crippen LogP) is 0.978. The van der Waals surface area contributed by atoms with Crippen LogP contribution in [0.4, 0.5) is 0 Å². The van der Waals surface area contributed by atoms with E-state index in [-0.39, 0.29) is 11.8 Å². The molecule has 0 aromatic carbocycles. The summed E-state index contributed by atoms with van der Waals surface area (Å²) < 4.78 is 0. The first-order valence-corrected chi connectivity index (χ1v) is 7.57. The number of likely N-dealkylation sites (tertiary alicyclic amines) is 1. The van der Waals surface area contributed by atoms with Gasteiger partial charge < -0.3 is 15.5 Å². The number of nitrogens with zero attached hydrogens (tertiary/aromatic N) is 1. The molecule has 1 amide bonds. The predicted molar refractivity (Wildman–Crippen MR) is 73.5 cm³/mol. The Labute approximate surface area is 110 Å². The van der Waals surface area contributed by atoms with Gasteiger partial charge in [0.1, 0.15) is 0 Å². The Balaban J connectivity index is 1.53. The molecule has 1 atom stereocenters. The van der Waals surface area contributed by atoms with Gasteiger partial charge in [-0.1, -0.05) is 12.8 Å². The highest BCUT2D eigenvalue weighted by molar-refractivity contribution is 5.79. The summed E-state index contributed by atoms with van der Waals surface area (Å²) in [5.41, 5.74) is 0. The summed E-state index contributed by atoms with van der Waals surface area (Å²) in [5.74, 6) is 0.457. The normalized spacial score (nSPS) is 25.9. The first-order valence-electron chi connectivity index (χ1n) is 7.57. The van der Waals surface area contributed by atoms with E-state index in [9.17, 15) is 4.79 Å². The average molecular weight is 253 g/mol. The standard InChI is InChI=1S/C14H27N3O/c18-14(13-6-8-15-12-13)16-7-5-11-17-9-3-1-2-4-10-17/h13,15H,1-12H2,(H,16,18). The summed E-state index contributed by atoms with van der Waals surface area (Å²) >= 11 is 0. The molecule has 4 nitrogen and oxygen atoms in total. The minimum absolute atomic E-state index is 0.211. The molecule has 2 heterocycles. The van der Waals surface area contributed by atoms with E-state index in [1.54, 1.807) is 0 Å². The molecule has 0 saturated carbocycles. The Morgan fingerprint density at radius 1 is 1.22 bits per heavy atom. The summed E-state index contributed by atoms with van der Waals surface area (Å²) in [5, 5.41) is 6.31. The topological polar surface area (TPSA) is 44.4 Å². The van der Waals surface area contributed by atoms with Gasteiger partial charge >= 0.3 is 0 Å². The fourth-order valence-electron chi connectivity index (χ4n) is 2.90. The summed E-state index contributed by atoms with van der Waals surface area (Å²) in [6.07, 6.45) is 7.56. The fraction of sp³-hybridized carbons (Fsp3) is 0.929. The van der Waals surface area contributed by atoms with Crippen molar-refractivity contribution in [2.45, 2.75) is 38.5 Å². The fourth-order valence-corrected chi connectivity index (χ4v) is 2.90. The van der Waals surface area contributed by atoms with Gasteiger partial charge in [-0.15, -0.1) is 0 Å². The lowest BCUT2D eigenvalue weighted by Gasteiger charge is -2.19. The number of nitrogens with one attached hydrogen (secondary N) is 2. The highest BCUT2D eigenvalue weighted by Gasteiger charge is 2.21. The molecule has 0 radical (unpaired) electrons. The molecule has 0 aromatic rings. The zero-order chi connectivity index (χ0) is 12.6. The van der Waals surface area contributed by atoms with Crippen LogP contribution in [0.2, 0.25) is 0 Å². The van der Waals surface area contributed by atoms with Crippen LogP contribution in [0.25, 0.3) is 0 Å². The highest BCUT2D eigenvalue weighted by atomic mass is 16.1. The smallest absolute Gasteiger partial charge is 0.224 e. The molecule has 2 saturated heterocycles. The first-order chi connectivity index (χ1) is 8.86. The second kappa shape index (κ2) is 7.74. The molecule has 104 valence electrons. The quantitative estimate of drug-likeness (QED) is 0.718. The van der Waals surface area contributed by atoms with Crippen molar-refractivity contribution in [3.8, 4) is 0 Å². The van der Waals surface area contributed by atoms with Crippen molar-refractivity contribution >= 4 is 5.91 Å². The minimum atomic E-state index is 0.211.